The molecule has 1 N–H and O–H groups in total. The van der Waals surface area contributed by atoms with Gasteiger partial charge in [-0.1, -0.05) is 0 Å². The zero-order chi connectivity index (χ0) is 14.0. The van der Waals surface area contributed by atoms with Gasteiger partial charge in [-0.05, 0) is 35.0 Å². The van der Waals surface area contributed by atoms with E-state index in [2.05, 4.69) is 20.9 Å². The number of aromatic nitrogens is 1. The Labute approximate surface area is 118 Å². The number of likely N-dealkylation sites (tertiary alicyclic amines) is 1. The highest BCUT2D eigenvalue weighted by Gasteiger charge is 2.42. The second-order valence-electron chi connectivity index (χ2n) is 4.66. The molecule has 0 radical (unpaired) electrons. The number of nitrogens with zero attached hydrogens (tertiary/aromatic N) is 2. The van der Waals surface area contributed by atoms with Gasteiger partial charge in [-0.3, -0.25) is 4.79 Å². The Morgan fingerprint density at radius 2 is 2.26 bits per heavy atom. The van der Waals surface area contributed by atoms with Gasteiger partial charge in [-0.25, -0.2) is 9.78 Å². The van der Waals surface area contributed by atoms with Gasteiger partial charge in [0.25, 0.3) is 5.91 Å². The van der Waals surface area contributed by atoms with Crippen LogP contribution in [0.2, 0.25) is 0 Å². The number of aliphatic carboxylic acids is 1. The number of carboxylic acids is 1. The molecule has 1 fully saturated rings. The average molecular weight is 329 g/mol. The van der Waals surface area contributed by atoms with Gasteiger partial charge in [0.2, 0.25) is 0 Å². The minimum Gasteiger partial charge on any atom is -0.480 e. The van der Waals surface area contributed by atoms with E-state index in [9.17, 15) is 9.59 Å². The molecule has 1 aromatic rings. The van der Waals surface area contributed by atoms with Crippen LogP contribution in [0.3, 0.4) is 0 Å². The Morgan fingerprint density at radius 3 is 2.84 bits per heavy atom. The molecule has 7 heteroatoms. The third kappa shape index (κ3) is 3.30. The first-order valence-corrected chi connectivity index (χ1v) is 6.45. The van der Waals surface area contributed by atoms with Crippen molar-refractivity contribution >= 4 is 27.8 Å². The van der Waals surface area contributed by atoms with Gasteiger partial charge in [-0.2, -0.15) is 0 Å². The van der Waals surface area contributed by atoms with Crippen LogP contribution in [-0.2, 0) is 9.53 Å². The maximum absolute atomic E-state index is 12.1. The number of hydrogen-bond donors (Lipinski definition) is 1. The Kier molecular flexibility index (Phi) is 3.86. The Balaban J connectivity index is 1.93. The van der Waals surface area contributed by atoms with Gasteiger partial charge in [-0.15, -0.1) is 0 Å². The summed E-state index contributed by atoms with van der Waals surface area (Å²) in [5.74, 6) is -1.12. The summed E-state index contributed by atoms with van der Waals surface area (Å²) in [6, 6.07) is 3.29. The van der Waals surface area contributed by atoms with Crippen molar-refractivity contribution in [2.75, 3.05) is 19.7 Å². The molecule has 1 aliphatic heterocycles. The average Bonchev–Trinajstić information content (AvgIpc) is 2.32. The lowest BCUT2D eigenvalue weighted by molar-refractivity contribution is -0.159. The zero-order valence-corrected chi connectivity index (χ0v) is 11.9. The fourth-order valence-electron chi connectivity index (χ4n) is 1.95. The van der Waals surface area contributed by atoms with Crippen molar-refractivity contribution in [3.63, 3.8) is 0 Å². The monoisotopic (exact) mass is 328 g/mol. The molecule has 102 valence electrons. The molecule has 1 aliphatic rings. The molecule has 0 saturated carbocycles. The van der Waals surface area contributed by atoms with Crippen molar-refractivity contribution in [3.8, 4) is 0 Å². The zero-order valence-electron chi connectivity index (χ0n) is 10.3. The maximum Gasteiger partial charge on any atom is 0.329 e. The quantitative estimate of drug-likeness (QED) is 0.839. The summed E-state index contributed by atoms with van der Waals surface area (Å²) in [7, 11) is 0. The number of carbonyl (C=O) groups is 2. The largest absolute Gasteiger partial charge is 0.480 e. The van der Waals surface area contributed by atoms with Crippen LogP contribution in [-0.4, -0.2) is 52.2 Å². The first-order chi connectivity index (χ1) is 8.89. The molecule has 0 bridgehead atoms. The summed E-state index contributed by atoms with van der Waals surface area (Å²) in [4.78, 5) is 28.1. The summed E-state index contributed by atoms with van der Waals surface area (Å²) in [6.07, 6.45) is 1.55. The summed E-state index contributed by atoms with van der Waals surface area (Å²) in [5, 5.41) is 8.56. The maximum atomic E-state index is 12.1. The SMILES string of the molecule is CC1(OCC(=O)O)CN(C(=O)c2ccnc(Br)c2)C1. The van der Waals surface area contributed by atoms with E-state index in [0.29, 0.717) is 23.3 Å². The number of pyridine rings is 1. The smallest absolute Gasteiger partial charge is 0.329 e. The van der Waals surface area contributed by atoms with E-state index in [1.54, 1.807) is 30.2 Å². The van der Waals surface area contributed by atoms with Gasteiger partial charge in [0, 0.05) is 11.8 Å². The number of carboxylic acid groups (broad SMARTS) is 1. The number of rotatable bonds is 4. The highest BCUT2D eigenvalue weighted by atomic mass is 79.9. The lowest BCUT2D eigenvalue weighted by atomic mass is 9.95. The van der Waals surface area contributed by atoms with Crippen molar-refractivity contribution in [2.45, 2.75) is 12.5 Å². The molecule has 1 saturated heterocycles. The first kappa shape index (κ1) is 14.0. The molecule has 2 rings (SSSR count). The summed E-state index contributed by atoms with van der Waals surface area (Å²) in [5.41, 5.74) is -0.0275. The Hall–Kier alpha value is -1.47. The normalized spacial score (nSPS) is 16.8. The second kappa shape index (κ2) is 5.26. The minimum atomic E-state index is -1.01. The van der Waals surface area contributed by atoms with Crippen LogP contribution in [0.4, 0.5) is 0 Å². The predicted molar refractivity (Wildman–Crippen MR) is 69.8 cm³/mol. The summed E-state index contributed by atoms with van der Waals surface area (Å²) in [6.45, 7) is 2.22. The third-order valence-corrected chi connectivity index (χ3v) is 3.29. The van der Waals surface area contributed by atoms with E-state index in [-0.39, 0.29) is 12.5 Å². The standard InChI is InChI=1S/C12H13BrN2O4/c1-12(19-5-10(16)17)6-15(7-12)11(18)8-2-3-14-9(13)4-8/h2-4H,5-7H2,1H3,(H,16,17). The summed E-state index contributed by atoms with van der Waals surface area (Å²) < 4.78 is 5.85. The van der Waals surface area contributed by atoms with Crippen LogP contribution in [0.5, 0.6) is 0 Å². The predicted octanol–water partition coefficient (Wildman–Crippen LogP) is 1.16. The summed E-state index contributed by atoms with van der Waals surface area (Å²) >= 11 is 3.21. The van der Waals surface area contributed by atoms with Gasteiger partial charge in [0.05, 0.1) is 13.1 Å². The van der Waals surface area contributed by atoms with Gasteiger partial charge in [0.1, 0.15) is 16.8 Å². The molecule has 6 nitrogen and oxygen atoms in total. The Bertz CT molecular complexity index is 514. The first-order valence-electron chi connectivity index (χ1n) is 5.66. The lowest BCUT2D eigenvalue weighted by Gasteiger charge is -2.47. The Morgan fingerprint density at radius 1 is 1.58 bits per heavy atom. The lowest BCUT2D eigenvalue weighted by Crippen LogP contribution is -2.63. The molecule has 19 heavy (non-hydrogen) atoms. The second-order valence-corrected chi connectivity index (χ2v) is 5.47. The van der Waals surface area contributed by atoms with Crippen molar-refractivity contribution < 1.29 is 19.4 Å². The van der Waals surface area contributed by atoms with Gasteiger partial charge >= 0.3 is 5.97 Å². The molecule has 0 unspecified atom stereocenters. The number of carbonyl (C=O) groups excluding carboxylic acids is 1. The van der Waals surface area contributed by atoms with E-state index >= 15 is 0 Å². The van der Waals surface area contributed by atoms with Gasteiger partial charge < -0.3 is 14.7 Å². The van der Waals surface area contributed by atoms with E-state index in [4.69, 9.17) is 9.84 Å². The van der Waals surface area contributed by atoms with E-state index in [1.165, 1.54) is 0 Å². The molecular weight excluding hydrogens is 316 g/mol. The number of halogens is 1. The van der Waals surface area contributed by atoms with Gasteiger partial charge in [0.15, 0.2) is 0 Å². The fraction of sp³-hybridized carbons (Fsp3) is 0.417. The highest BCUT2D eigenvalue weighted by Crippen LogP contribution is 2.26. The van der Waals surface area contributed by atoms with E-state index in [1.807, 2.05) is 0 Å². The van der Waals surface area contributed by atoms with Crippen LogP contribution in [0, 0.1) is 0 Å². The van der Waals surface area contributed by atoms with E-state index in [0.717, 1.165) is 0 Å². The molecule has 0 aromatic carbocycles. The minimum absolute atomic E-state index is 0.112. The van der Waals surface area contributed by atoms with Crippen molar-refractivity contribution in [1.82, 2.24) is 9.88 Å². The molecule has 0 aliphatic carbocycles. The number of hydrogen-bond acceptors (Lipinski definition) is 4. The molecule has 1 aromatic heterocycles. The molecule has 0 spiro atoms. The fourth-order valence-corrected chi connectivity index (χ4v) is 2.31. The van der Waals surface area contributed by atoms with Crippen LogP contribution >= 0.6 is 15.9 Å². The van der Waals surface area contributed by atoms with E-state index < -0.39 is 11.6 Å². The van der Waals surface area contributed by atoms with Crippen molar-refractivity contribution in [2.24, 2.45) is 0 Å². The van der Waals surface area contributed by atoms with Crippen LogP contribution in [0.25, 0.3) is 0 Å². The third-order valence-electron chi connectivity index (χ3n) is 2.86. The highest BCUT2D eigenvalue weighted by molar-refractivity contribution is 9.10. The molecular formula is C12H13BrN2O4. The molecule has 1 amide bonds. The van der Waals surface area contributed by atoms with Crippen LogP contribution in [0.15, 0.2) is 22.9 Å². The molecule has 2 heterocycles. The van der Waals surface area contributed by atoms with Crippen molar-refractivity contribution in [3.05, 3.63) is 28.5 Å². The number of ether oxygens (including phenoxy) is 1. The topological polar surface area (TPSA) is 79.7 Å². The van der Waals surface area contributed by atoms with Crippen LogP contribution in [0.1, 0.15) is 17.3 Å². The number of amides is 1. The van der Waals surface area contributed by atoms with Crippen molar-refractivity contribution in [1.29, 1.82) is 0 Å². The molecule has 0 atom stereocenters. The van der Waals surface area contributed by atoms with Crippen LogP contribution < -0.4 is 0 Å².